The third-order valence-corrected chi connectivity index (χ3v) is 8.61. The summed E-state index contributed by atoms with van der Waals surface area (Å²) in [7, 11) is 0. The smallest absolute Gasteiger partial charge is 0.259 e. The highest BCUT2D eigenvalue weighted by Gasteiger charge is 2.39. The average molecular weight is 698 g/mol. The zero-order valence-electron chi connectivity index (χ0n) is 28.9. The molecule has 1 saturated heterocycles. The number of halogens is 1. The molecule has 1 fully saturated rings. The third kappa shape index (κ3) is 8.09. The van der Waals surface area contributed by atoms with Crippen LogP contribution in [0, 0.1) is 12.7 Å². The Bertz CT molecular complexity index is 1950. The van der Waals surface area contributed by atoms with Crippen LogP contribution in [0.15, 0.2) is 71.3 Å². The average Bonchev–Trinajstić information content (AvgIpc) is 3.68. The maximum absolute atomic E-state index is 14.9. The van der Waals surface area contributed by atoms with E-state index in [2.05, 4.69) is 15.8 Å². The van der Waals surface area contributed by atoms with Crippen LogP contribution in [0.4, 0.5) is 4.39 Å². The fourth-order valence-electron chi connectivity index (χ4n) is 6.31. The Morgan fingerprint density at radius 3 is 2.53 bits per heavy atom. The molecular formula is C38H40FN5O7. The Morgan fingerprint density at radius 2 is 1.78 bits per heavy atom. The summed E-state index contributed by atoms with van der Waals surface area (Å²) in [4.78, 5) is 57.6. The first-order valence-electron chi connectivity index (χ1n) is 16.9. The quantitative estimate of drug-likeness (QED) is 0.283. The lowest BCUT2D eigenvalue weighted by molar-refractivity contribution is -0.123. The fourth-order valence-corrected chi connectivity index (χ4v) is 6.31. The molecule has 0 radical (unpaired) electrons. The molecule has 266 valence electrons. The standard InChI is InChI=1S/C38H40FN5O7/c1-5-11-43-20-33(45)41-31-18-44(38(48)34-23(4)51-42-35(34)25-9-7-6-8-10-25)19-32(31)49-21-24-12-28(39)17-29(13-24)50-30-15-26(36(46)40-22(2)3)14-27(16-30)37(43)47/h6-10,12-17,22,31-32H,5,11,18-21H2,1-4H3,(H,40,46)(H,41,45)/t31-,32-/m1/s1. The van der Waals surface area contributed by atoms with Crippen LogP contribution in [0.5, 0.6) is 11.5 Å². The number of amides is 4. The molecule has 4 aromatic rings. The Hall–Kier alpha value is -5.56. The van der Waals surface area contributed by atoms with Crippen LogP contribution in [0.1, 0.15) is 69.6 Å². The van der Waals surface area contributed by atoms with Gasteiger partial charge in [-0.05, 0) is 63.1 Å². The largest absolute Gasteiger partial charge is 0.457 e. The second kappa shape index (κ2) is 15.1. The predicted molar refractivity (Wildman–Crippen MR) is 185 cm³/mol. The van der Waals surface area contributed by atoms with Gasteiger partial charge in [-0.2, -0.15) is 0 Å². The number of rotatable bonds is 6. The van der Waals surface area contributed by atoms with E-state index in [1.54, 1.807) is 17.9 Å². The number of aromatic nitrogens is 1. The number of hydrogen-bond donors (Lipinski definition) is 2. The molecular weight excluding hydrogens is 657 g/mol. The van der Waals surface area contributed by atoms with Crippen molar-refractivity contribution >= 4 is 23.6 Å². The number of carbonyl (C=O) groups is 4. The molecule has 0 spiro atoms. The lowest BCUT2D eigenvalue weighted by atomic mass is 10.1. The van der Waals surface area contributed by atoms with Crippen molar-refractivity contribution in [3.63, 3.8) is 0 Å². The molecule has 2 aliphatic heterocycles. The van der Waals surface area contributed by atoms with Crippen molar-refractivity contribution in [2.75, 3.05) is 26.2 Å². The molecule has 3 aromatic carbocycles. The van der Waals surface area contributed by atoms with Crippen LogP contribution in [0.3, 0.4) is 0 Å². The Morgan fingerprint density at radius 1 is 1.02 bits per heavy atom. The van der Waals surface area contributed by atoms with Crippen LogP contribution in [0.2, 0.25) is 0 Å². The first kappa shape index (κ1) is 35.3. The molecule has 0 unspecified atom stereocenters. The van der Waals surface area contributed by atoms with Gasteiger partial charge in [0.2, 0.25) is 5.91 Å². The summed E-state index contributed by atoms with van der Waals surface area (Å²) < 4.78 is 32.7. The van der Waals surface area contributed by atoms with Crippen molar-refractivity contribution < 1.29 is 37.6 Å². The number of hydrogen-bond acceptors (Lipinski definition) is 8. The van der Waals surface area contributed by atoms with E-state index in [1.165, 1.54) is 35.2 Å². The molecule has 0 saturated carbocycles. The number of ether oxygens (including phenoxy) is 2. The van der Waals surface area contributed by atoms with Crippen molar-refractivity contribution in [3.8, 4) is 22.8 Å². The van der Waals surface area contributed by atoms with Gasteiger partial charge in [-0.15, -0.1) is 0 Å². The van der Waals surface area contributed by atoms with E-state index in [1.807, 2.05) is 51.1 Å². The van der Waals surface area contributed by atoms with Crippen molar-refractivity contribution in [1.29, 1.82) is 0 Å². The van der Waals surface area contributed by atoms with Gasteiger partial charge in [0, 0.05) is 48.4 Å². The van der Waals surface area contributed by atoms with E-state index in [-0.39, 0.29) is 67.4 Å². The summed E-state index contributed by atoms with van der Waals surface area (Å²) in [6.07, 6.45) is -0.120. The number of aryl methyl sites for hydroxylation is 1. The van der Waals surface area contributed by atoms with Gasteiger partial charge in [0.25, 0.3) is 17.7 Å². The third-order valence-electron chi connectivity index (χ3n) is 8.61. The number of likely N-dealkylation sites (tertiary alicyclic amines) is 1. The highest BCUT2D eigenvalue weighted by Crippen LogP contribution is 2.30. The van der Waals surface area contributed by atoms with E-state index in [9.17, 15) is 23.6 Å². The highest BCUT2D eigenvalue weighted by molar-refractivity contribution is 6.02. The lowest BCUT2D eigenvalue weighted by Crippen LogP contribution is -2.49. The van der Waals surface area contributed by atoms with Crippen LogP contribution < -0.4 is 15.4 Å². The second-order valence-electron chi connectivity index (χ2n) is 13.1. The number of benzene rings is 3. The van der Waals surface area contributed by atoms with Gasteiger partial charge in [-0.25, -0.2) is 4.39 Å². The van der Waals surface area contributed by atoms with Crippen molar-refractivity contribution in [2.45, 2.75) is 58.9 Å². The second-order valence-corrected chi connectivity index (χ2v) is 13.1. The number of carbonyl (C=O) groups excluding carboxylic acids is 4. The number of nitrogens with zero attached hydrogens (tertiary/aromatic N) is 3. The van der Waals surface area contributed by atoms with Crippen molar-refractivity contribution in [2.24, 2.45) is 0 Å². The Kier molecular flexibility index (Phi) is 10.5. The fraction of sp³-hybridized carbons (Fsp3) is 0.342. The summed E-state index contributed by atoms with van der Waals surface area (Å²) in [6.45, 7) is 7.31. The summed E-state index contributed by atoms with van der Waals surface area (Å²) in [5, 5.41) is 9.95. The zero-order valence-corrected chi connectivity index (χ0v) is 28.9. The lowest BCUT2D eigenvalue weighted by Gasteiger charge is -2.25. The maximum Gasteiger partial charge on any atom is 0.259 e. The highest BCUT2D eigenvalue weighted by atomic mass is 19.1. The predicted octanol–water partition coefficient (Wildman–Crippen LogP) is 5.11. The van der Waals surface area contributed by atoms with E-state index < -0.39 is 35.7 Å². The topological polar surface area (TPSA) is 143 Å². The first-order chi connectivity index (χ1) is 24.5. The molecule has 2 aliphatic rings. The maximum atomic E-state index is 14.9. The number of nitrogens with one attached hydrogen (secondary N) is 2. The van der Waals surface area contributed by atoms with E-state index in [0.717, 1.165) is 5.56 Å². The monoisotopic (exact) mass is 697 g/mol. The summed E-state index contributed by atoms with van der Waals surface area (Å²) in [6, 6.07) is 16.9. The Labute approximate surface area is 294 Å². The SMILES string of the molecule is CCCN1CC(=O)N[C@@H]2CN(C(=O)c3c(-c4ccccc4)noc3C)C[C@H]2OCc2cc(F)cc(c2)Oc2cc(C(=O)NC(C)C)cc(c2)C1=O. The molecule has 2 N–H and O–H groups in total. The normalized spacial score (nSPS) is 17.9. The molecule has 0 aliphatic carbocycles. The minimum atomic E-state index is -0.677. The van der Waals surface area contributed by atoms with E-state index in [4.69, 9.17) is 14.0 Å². The summed E-state index contributed by atoms with van der Waals surface area (Å²) in [5.74, 6) is -1.67. The Balaban J connectivity index is 1.33. The van der Waals surface area contributed by atoms with Crippen LogP contribution in [-0.4, -0.2) is 83.0 Å². The number of fused-ring (bicyclic) bond motifs is 5. The molecule has 4 amide bonds. The van der Waals surface area contributed by atoms with E-state index >= 15 is 0 Å². The van der Waals surface area contributed by atoms with Crippen molar-refractivity contribution in [1.82, 2.24) is 25.6 Å². The van der Waals surface area contributed by atoms with Crippen LogP contribution in [-0.2, 0) is 16.1 Å². The van der Waals surface area contributed by atoms with E-state index in [0.29, 0.717) is 29.0 Å². The zero-order chi connectivity index (χ0) is 36.2. The molecule has 2 atom stereocenters. The van der Waals surface area contributed by atoms with Gasteiger partial charge < -0.3 is 34.4 Å². The summed E-state index contributed by atoms with van der Waals surface area (Å²) >= 11 is 0. The summed E-state index contributed by atoms with van der Waals surface area (Å²) in [5.41, 5.74) is 2.16. The molecule has 3 heterocycles. The van der Waals surface area contributed by atoms with Crippen LogP contribution >= 0.6 is 0 Å². The minimum Gasteiger partial charge on any atom is -0.457 e. The minimum absolute atomic E-state index is 0.0583. The molecule has 4 bridgehead atoms. The van der Waals surface area contributed by atoms with Gasteiger partial charge in [0.15, 0.2) is 0 Å². The van der Waals surface area contributed by atoms with Gasteiger partial charge in [-0.1, -0.05) is 42.4 Å². The van der Waals surface area contributed by atoms with Crippen LogP contribution in [0.25, 0.3) is 11.3 Å². The molecule has 1 aromatic heterocycles. The van der Waals surface area contributed by atoms with Crippen molar-refractivity contribution in [3.05, 3.63) is 101 Å². The van der Waals surface area contributed by atoms with Gasteiger partial charge in [0.05, 0.1) is 25.3 Å². The molecule has 51 heavy (non-hydrogen) atoms. The van der Waals surface area contributed by atoms with Gasteiger partial charge in [-0.3, -0.25) is 19.2 Å². The molecule has 13 heteroatoms. The molecule has 12 nitrogen and oxygen atoms in total. The molecule has 6 rings (SSSR count). The first-order valence-corrected chi connectivity index (χ1v) is 16.9. The van der Waals surface area contributed by atoms with Gasteiger partial charge in [0.1, 0.15) is 34.3 Å². The van der Waals surface area contributed by atoms with Gasteiger partial charge >= 0.3 is 0 Å².